The summed E-state index contributed by atoms with van der Waals surface area (Å²) < 4.78 is 54.3. The van der Waals surface area contributed by atoms with E-state index in [-0.39, 0.29) is 15.5 Å². The van der Waals surface area contributed by atoms with Gasteiger partial charge >= 0.3 is 0 Å². The molecule has 2 heterocycles. The molecule has 0 saturated carbocycles. The highest BCUT2D eigenvalue weighted by Crippen LogP contribution is 2.25. The van der Waals surface area contributed by atoms with Crippen molar-refractivity contribution in [3.05, 3.63) is 35.7 Å². The van der Waals surface area contributed by atoms with Crippen molar-refractivity contribution in [3.63, 3.8) is 0 Å². The van der Waals surface area contributed by atoms with Gasteiger partial charge in [0.05, 0.1) is 22.0 Å². The number of nitrogens with one attached hydrogen (secondary N) is 2. The number of sulfonamides is 2. The molecule has 25 heavy (non-hydrogen) atoms. The smallest absolute Gasteiger partial charge is 0.265 e. The Balaban J connectivity index is 1.92. The molecule has 3 rings (SSSR count). The Hall–Kier alpha value is -1.91. The molecule has 2 N–H and O–H groups in total. The van der Waals surface area contributed by atoms with Gasteiger partial charge < -0.3 is 0 Å². The van der Waals surface area contributed by atoms with Crippen molar-refractivity contribution in [1.82, 2.24) is 14.5 Å². The molecule has 1 aromatic carbocycles. The number of hydrogen-bond donors (Lipinski definition) is 2. The van der Waals surface area contributed by atoms with E-state index in [1.54, 1.807) is 13.8 Å². The lowest BCUT2D eigenvalue weighted by Gasteiger charge is -2.16. The van der Waals surface area contributed by atoms with E-state index in [4.69, 9.17) is 0 Å². The first-order valence-corrected chi connectivity index (χ1v) is 10.8. The van der Waals surface area contributed by atoms with Gasteiger partial charge in [0.2, 0.25) is 10.0 Å². The highest BCUT2D eigenvalue weighted by Gasteiger charge is 2.28. The Morgan fingerprint density at radius 1 is 1.12 bits per heavy atom. The monoisotopic (exact) mass is 384 g/mol. The van der Waals surface area contributed by atoms with Crippen molar-refractivity contribution in [3.8, 4) is 0 Å². The summed E-state index contributed by atoms with van der Waals surface area (Å²) in [5.41, 5.74) is 0.969. The fraction of sp³-hybridized carbons (Fsp3) is 0.400. The highest BCUT2D eigenvalue weighted by atomic mass is 32.2. The van der Waals surface area contributed by atoms with E-state index >= 15 is 0 Å². The molecular weight excluding hydrogens is 364 g/mol. The predicted octanol–water partition coefficient (Wildman–Crippen LogP) is 1.61. The fourth-order valence-corrected chi connectivity index (χ4v) is 5.93. The Morgan fingerprint density at radius 2 is 1.80 bits per heavy atom. The zero-order valence-corrected chi connectivity index (χ0v) is 15.6. The molecule has 1 saturated heterocycles. The second-order valence-corrected chi connectivity index (χ2v) is 9.56. The van der Waals surface area contributed by atoms with Crippen LogP contribution >= 0.6 is 0 Å². The average molecular weight is 384 g/mol. The number of hydrogen-bond acceptors (Lipinski definition) is 5. The minimum atomic E-state index is -3.86. The molecule has 2 aromatic rings. The minimum absolute atomic E-state index is 0.0697. The van der Waals surface area contributed by atoms with Gasteiger partial charge in [-0.15, -0.1) is 0 Å². The van der Waals surface area contributed by atoms with Gasteiger partial charge in [0, 0.05) is 13.1 Å². The molecule has 0 bridgehead atoms. The molecule has 0 aliphatic carbocycles. The molecule has 1 aliphatic heterocycles. The summed E-state index contributed by atoms with van der Waals surface area (Å²) in [6.07, 6.45) is 1.68. The number of rotatable bonds is 5. The van der Waals surface area contributed by atoms with Crippen molar-refractivity contribution >= 4 is 25.7 Å². The number of nitrogens with zero attached hydrogens (tertiary/aromatic N) is 2. The lowest BCUT2D eigenvalue weighted by Crippen LogP contribution is -2.28. The van der Waals surface area contributed by atoms with Crippen LogP contribution in [0.1, 0.15) is 24.2 Å². The average Bonchev–Trinajstić information content (AvgIpc) is 3.17. The summed E-state index contributed by atoms with van der Waals surface area (Å²) in [5, 5.41) is 6.52. The molecule has 0 atom stereocenters. The standard InChI is InChI=1S/C15H20N4O4S2/c1-11-15(12(2)17-16-11)24(20,21)18-13-6-5-7-14(10-13)25(22,23)19-8-3-4-9-19/h5-7,10,18H,3-4,8-9H2,1-2H3,(H,16,17). The van der Waals surface area contributed by atoms with Gasteiger partial charge in [-0.25, -0.2) is 16.8 Å². The van der Waals surface area contributed by atoms with Gasteiger partial charge in [0.15, 0.2) is 0 Å². The zero-order valence-electron chi connectivity index (χ0n) is 14.0. The van der Waals surface area contributed by atoms with E-state index in [0.29, 0.717) is 24.5 Å². The van der Waals surface area contributed by atoms with Crippen LogP contribution in [0.3, 0.4) is 0 Å². The van der Waals surface area contributed by atoms with Crippen LogP contribution in [0.4, 0.5) is 5.69 Å². The third-order valence-electron chi connectivity index (χ3n) is 4.12. The Labute approximate surface area is 147 Å². The maximum absolute atomic E-state index is 12.6. The van der Waals surface area contributed by atoms with Crippen LogP contribution in [0, 0.1) is 13.8 Å². The van der Waals surface area contributed by atoms with Gasteiger partial charge in [0.25, 0.3) is 10.0 Å². The van der Waals surface area contributed by atoms with Gasteiger partial charge in [0.1, 0.15) is 4.90 Å². The first-order valence-electron chi connectivity index (χ1n) is 7.86. The maximum Gasteiger partial charge on any atom is 0.265 e. The Kier molecular flexibility index (Phi) is 4.60. The van der Waals surface area contributed by atoms with E-state index in [9.17, 15) is 16.8 Å². The number of H-pyrrole nitrogens is 1. The highest BCUT2D eigenvalue weighted by molar-refractivity contribution is 7.92. The van der Waals surface area contributed by atoms with Gasteiger partial charge in [-0.1, -0.05) is 6.07 Å². The van der Waals surface area contributed by atoms with Crippen LogP contribution in [0.15, 0.2) is 34.1 Å². The molecule has 0 amide bonds. The third-order valence-corrected chi connectivity index (χ3v) is 7.66. The summed E-state index contributed by atoms with van der Waals surface area (Å²) in [6.45, 7) is 4.19. The lowest BCUT2D eigenvalue weighted by molar-refractivity contribution is 0.477. The quantitative estimate of drug-likeness (QED) is 0.813. The molecule has 1 aromatic heterocycles. The normalized spacial score (nSPS) is 16.2. The molecule has 1 fully saturated rings. The van der Waals surface area contributed by atoms with Crippen LogP contribution in [0.25, 0.3) is 0 Å². The van der Waals surface area contributed by atoms with Crippen LogP contribution in [-0.2, 0) is 20.0 Å². The molecular formula is C15H20N4O4S2. The summed E-state index contributed by atoms with van der Waals surface area (Å²) in [7, 11) is -7.47. The van der Waals surface area contributed by atoms with Gasteiger partial charge in [-0.2, -0.15) is 9.40 Å². The predicted molar refractivity (Wildman–Crippen MR) is 93.3 cm³/mol. The molecule has 1 aliphatic rings. The fourth-order valence-electron chi connectivity index (χ4n) is 2.94. The molecule has 136 valence electrons. The number of anilines is 1. The van der Waals surface area contributed by atoms with Crippen LogP contribution in [-0.4, -0.2) is 44.4 Å². The summed E-state index contributed by atoms with van der Waals surface area (Å²) in [5.74, 6) is 0. The van der Waals surface area contributed by atoms with E-state index in [1.807, 2.05) is 0 Å². The molecule has 0 radical (unpaired) electrons. The first kappa shape index (κ1) is 17.9. The van der Waals surface area contributed by atoms with Crippen LogP contribution in [0.2, 0.25) is 0 Å². The van der Waals surface area contributed by atoms with Crippen LogP contribution < -0.4 is 4.72 Å². The second kappa shape index (κ2) is 6.43. The number of aromatic amines is 1. The zero-order chi connectivity index (χ0) is 18.2. The van der Waals surface area contributed by atoms with Crippen molar-refractivity contribution in [2.75, 3.05) is 17.8 Å². The summed E-state index contributed by atoms with van der Waals surface area (Å²) in [4.78, 5) is 0.149. The van der Waals surface area contributed by atoms with Gasteiger partial charge in [-0.05, 0) is 44.9 Å². The molecule has 10 heteroatoms. The van der Waals surface area contributed by atoms with Crippen molar-refractivity contribution < 1.29 is 16.8 Å². The maximum atomic E-state index is 12.6. The molecule has 8 nitrogen and oxygen atoms in total. The number of aromatic nitrogens is 2. The lowest BCUT2D eigenvalue weighted by atomic mass is 10.3. The number of aryl methyl sites for hydroxylation is 2. The van der Waals surface area contributed by atoms with Gasteiger partial charge in [-0.3, -0.25) is 9.82 Å². The minimum Gasteiger partial charge on any atom is -0.281 e. The van der Waals surface area contributed by atoms with Crippen molar-refractivity contribution in [1.29, 1.82) is 0 Å². The molecule has 0 unspecified atom stereocenters. The molecule has 0 spiro atoms. The van der Waals surface area contributed by atoms with Crippen molar-refractivity contribution in [2.24, 2.45) is 0 Å². The Bertz CT molecular complexity index is 971. The second-order valence-electron chi connectivity index (χ2n) is 6.01. The number of benzene rings is 1. The van der Waals surface area contributed by atoms with Crippen LogP contribution in [0.5, 0.6) is 0 Å². The first-order chi connectivity index (χ1) is 11.7. The van der Waals surface area contributed by atoms with E-state index in [2.05, 4.69) is 14.9 Å². The topological polar surface area (TPSA) is 112 Å². The largest absolute Gasteiger partial charge is 0.281 e. The van der Waals surface area contributed by atoms with E-state index in [1.165, 1.54) is 28.6 Å². The van der Waals surface area contributed by atoms with E-state index < -0.39 is 20.0 Å². The van der Waals surface area contributed by atoms with E-state index in [0.717, 1.165) is 12.8 Å². The summed E-state index contributed by atoms with van der Waals surface area (Å²) in [6, 6.07) is 5.86. The summed E-state index contributed by atoms with van der Waals surface area (Å²) >= 11 is 0. The Morgan fingerprint density at radius 3 is 2.40 bits per heavy atom. The van der Waals surface area contributed by atoms with Crippen molar-refractivity contribution in [2.45, 2.75) is 36.5 Å². The SMILES string of the molecule is Cc1n[nH]c(C)c1S(=O)(=O)Nc1cccc(S(=O)(=O)N2CCCC2)c1. The third kappa shape index (κ3) is 3.42.